The summed E-state index contributed by atoms with van der Waals surface area (Å²) in [6.07, 6.45) is 4.33. The average Bonchev–Trinajstić information content (AvgIpc) is 3.36. The van der Waals surface area contributed by atoms with Crippen molar-refractivity contribution in [1.29, 1.82) is 0 Å². The minimum atomic E-state index is 0.463. The van der Waals surface area contributed by atoms with Crippen molar-refractivity contribution in [3.05, 3.63) is 53.9 Å². The smallest absolute Gasteiger partial charge is 0.130 e. The second-order valence-electron chi connectivity index (χ2n) is 5.24. The molecule has 1 aromatic carbocycles. The van der Waals surface area contributed by atoms with E-state index in [0.717, 1.165) is 29.3 Å². The van der Waals surface area contributed by atoms with E-state index in [-0.39, 0.29) is 0 Å². The number of pyridine rings is 1. The Labute approximate surface area is 125 Å². The molecule has 0 radical (unpaired) electrons. The van der Waals surface area contributed by atoms with Crippen molar-refractivity contribution in [2.75, 3.05) is 7.11 Å². The molecule has 0 aliphatic heterocycles. The molecule has 1 saturated carbocycles. The Bertz CT molecular complexity index is 583. The number of nitrogens with one attached hydrogen (secondary N) is 1. The van der Waals surface area contributed by atoms with E-state index in [0.29, 0.717) is 12.6 Å². The third kappa shape index (κ3) is 3.95. The van der Waals surface area contributed by atoms with Gasteiger partial charge in [0.25, 0.3) is 0 Å². The Kier molecular flexibility index (Phi) is 4.36. The molecule has 0 saturated heterocycles. The standard InChI is InChI=1S/C17H20N2O2/c1-20-16-8-5-13(11-19-14-6-7-14)17(10-16)21-12-15-4-2-3-9-18-15/h2-5,8-10,14,19H,6-7,11-12H2,1H3. The van der Waals surface area contributed by atoms with E-state index in [2.05, 4.69) is 16.4 Å². The van der Waals surface area contributed by atoms with Crippen LogP contribution in [0.25, 0.3) is 0 Å². The van der Waals surface area contributed by atoms with Gasteiger partial charge in [-0.1, -0.05) is 12.1 Å². The summed E-state index contributed by atoms with van der Waals surface area (Å²) in [5.41, 5.74) is 2.07. The minimum absolute atomic E-state index is 0.463. The molecule has 0 amide bonds. The first-order valence-corrected chi connectivity index (χ1v) is 7.28. The van der Waals surface area contributed by atoms with Gasteiger partial charge in [-0.25, -0.2) is 0 Å². The summed E-state index contributed by atoms with van der Waals surface area (Å²) in [6, 6.07) is 12.5. The fourth-order valence-electron chi connectivity index (χ4n) is 2.12. The van der Waals surface area contributed by atoms with Gasteiger partial charge in [0.2, 0.25) is 0 Å². The minimum Gasteiger partial charge on any atom is -0.497 e. The van der Waals surface area contributed by atoms with Crippen LogP contribution in [-0.2, 0) is 13.2 Å². The summed E-state index contributed by atoms with van der Waals surface area (Å²) in [6.45, 7) is 1.29. The monoisotopic (exact) mass is 284 g/mol. The summed E-state index contributed by atoms with van der Waals surface area (Å²) in [7, 11) is 1.67. The van der Waals surface area contributed by atoms with Crippen molar-refractivity contribution < 1.29 is 9.47 Å². The Morgan fingerprint density at radius 1 is 1.24 bits per heavy atom. The largest absolute Gasteiger partial charge is 0.497 e. The topological polar surface area (TPSA) is 43.4 Å². The molecule has 21 heavy (non-hydrogen) atoms. The van der Waals surface area contributed by atoms with Crippen LogP contribution < -0.4 is 14.8 Å². The first-order valence-electron chi connectivity index (χ1n) is 7.28. The van der Waals surface area contributed by atoms with Crippen molar-refractivity contribution in [3.63, 3.8) is 0 Å². The van der Waals surface area contributed by atoms with Gasteiger partial charge in [0.05, 0.1) is 12.8 Å². The van der Waals surface area contributed by atoms with Crippen molar-refractivity contribution in [3.8, 4) is 11.5 Å². The normalized spacial score (nSPS) is 14.0. The number of hydrogen-bond donors (Lipinski definition) is 1. The second-order valence-corrected chi connectivity index (χ2v) is 5.24. The highest BCUT2D eigenvalue weighted by molar-refractivity contribution is 5.41. The van der Waals surface area contributed by atoms with Gasteiger partial charge in [-0.2, -0.15) is 0 Å². The molecule has 1 heterocycles. The van der Waals surface area contributed by atoms with E-state index in [1.165, 1.54) is 12.8 Å². The second kappa shape index (κ2) is 6.59. The van der Waals surface area contributed by atoms with E-state index >= 15 is 0 Å². The number of methoxy groups -OCH3 is 1. The lowest BCUT2D eigenvalue weighted by Gasteiger charge is -2.13. The van der Waals surface area contributed by atoms with E-state index in [9.17, 15) is 0 Å². The third-order valence-corrected chi connectivity index (χ3v) is 3.53. The van der Waals surface area contributed by atoms with Crippen molar-refractivity contribution in [2.24, 2.45) is 0 Å². The molecular formula is C17H20N2O2. The lowest BCUT2D eigenvalue weighted by atomic mass is 10.2. The Balaban J connectivity index is 1.70. The van der Waals surface area contributed by atoms with Gasteiger partial charge >= 0.3 is 0 Å². The van der Waals surface area contributed by atoms with E-state index in [4.69, 9.17) is 9.47 Å². The van der Waals surface area contributed by atoms with Crippen LogP contribution in [0.2, 0.25) is 0 Å². The summed E-state index contributed by atoms with van der Waals surface area (Å²) in [4.78, 5) is 4.28. The number of rotatable bonds is 7. The molecule has 0 bridgehead atoms. The van der Waals surface area contributed by atoms with E-state index < -0.39 is 0 Å². The number of aromatic nitrogens is 1. The summed E-state index contributed by atoms with van der Waals surface area (Å²) >= 11 is 0. The first kappa shape index (κ1) is 13.9. The molecule has 1 aromatic heterocycles. The zero-order valence-corrected chi connectivity index (χ0v) is 12.2. The lowest BCUT2D eigenvalue weighted by Crippen LogP contribution is -2.16. The summed E-state index contributed by atoms with van der Waals surface area (Å²) in [5, 5.41) is 3.51. The van der Waals surface area contributed by atoms with Gasteiger partial charge in [0.15, 0.2) is 0 Å². The van der Waals surface area contributed by atoms with Gasteiger partial charge in [0.1, 0.15) is 18.1 Å². The van der Waals surface area contributed by atoms with Crippen LogP contribution in [-0.4, -0.2) is 18.1 Å². The van der Waals surface area contributed by atoms with Crippen LogP contribution in [0.5, 0.6) is 11.5 Å². The Morgan fingerprint density at radius 3 is 2.86 bits per heavy atom. The maximum atomic E-state index is 5.94. The van der Waals surface area contributed by atoms with Gasteiger partial charge in [0, 0.05) is 30.4 Å². The maximum Gasteiger partial charge on any atom is 0.130 e. The number of nitrogens with zero attached hydrogens (tertiary/aromatic N) is 1. The van der Waals surface area contributed by atoms with Crippen LogP contribution in [0.3, 0.4) is 0 Å². The number of hydrogen-bond acceptors (Lipinski definition) is 4. The number of ether oxygens (including phenoxy) is 2. The molecule has 0 unspecified atom stereocenters. The van der Waals surface area contributed by atoms with Crippen molar-refractivity contribution in [1.82, 2.24) is 10.3 Å². The predicted octanol–water partition coefficient (Wildman–Crippen LogP) is 2.92. The van der Waals surface area contributed by atoms with Gasteiger partial charge in [-0.3, -0.25) is 4.98 Å². The number of benzene rings is 1. The zero-order chi connectivity index (χ0) is 14.5. The van der Waals surface area contributed by atoms with Crippen molar-refractivity contribution in [2.45, 2.75) is 32.0 Å². The Hall–Kier alpha value is -2.07. The molecule has 4 heteroatoms. The van der Waals surface area contributed by atoms with Crippen LogP contribution in [0.1, 0.15) is 24.1 Å². The van der Waals surface area contributed by atoms with Crippen LogP contribution in [0.15, 0.2) is 42.6 Å². The summed E-state index contributed by atoms with van der Waals surface area (Å²) in [5.74, 6) is 1.66. The van der Waals surface area contributed by atoms with Crippen molar-refractivity contribution >= 4 is 0 Å². The van der Waals surface area contributed by atoms with Gasteiger partial charge < -0.3 is 14.8 Å². The van der Waals surface area contributed by atoms with E-state index in [1.807, 2.05) is 30.3 Å². The zero-order valence-electron chi connectivity index (χ0n) is 12.2. The maximum absolute atomic E-state index is 5.94. The molecular weight excluding hydrogens is 264 g/mol. The molecule has 110 valence electrons. The fraction of sp³-hybridized carbons (Fsp3) is 0.353. The molecule has 1 aliphatic carbocycles. The third-order valence-electron chi connectivity index (χ3n) is 3.53. The molecule has 4 nitrogen and oxygen atoms in total. The lowest BCUT2D eigenvalue weighted by molar-refractivity contribution is 0.295. The summed E-state index contributed by atoms with van der Waals surface area (Å²) < 4.78 is 11.2. The Morgan fingerprint density at radius 2 is 2.14 bits per heavy atom. The van der Waals surface area contributed by atoms with Gasteiger partial charge in [-0.15, -0.1) is 0 Å². The highest BCUT2D eigenvalue weighted by Crippen LogP contribution is 2.27. The van der Waals surface area contributed by atoms with Crippen LogP contribution >= 0.6 is 0 Å². The van der Waals surface area contributed by atoms with E-state index in [1.54, 1.807) is 13.3 Å². The molecule has 1 N–H and O–H groups in total. The average molecular weight is 284 g/mol. The quantitative estimate of drug-likeness (QED) is 0.849. The molecule has 3 rings (SSSR count). The highest BCUT2D eigenvalue weighted by atomic mass is 16.5. The SMILES string of the molecule is COc1ccc(CNC2CC2)c(OCc2ccccn2)c1. The highest BCUT2D eigenvalue weighted by Gasteiger charge is 2.20. The molecule has 2 aromatic rings. The first-order chi connectivity index (χ1) is 10.3. The molecule has 0 atom stereocenters. The molecule has 1 fully saturated rings. The predicted molar refractivity (Wildman–Crippen MR) is 81.4 cm³/mol. The van der Waals surface area contributed by atoms with Crippen LogP contribution in [0, 0.1) is 0 Å². The fourth-order valence-corrected chi connectivity index (χ4v) is 2.12. The molecule has 1 aliphatic rings. The molecule has 0 spiro atoms. The van der Waals surface area contributed by atoms with Gasteiger partial charge in [-0.05, 0) is 31.0 Å². The van der Waals surface area contributed by atoms with Crippen LogP contribution in [0.4, 0.5) is 0 Å².